The van der Waals surface area contributed by atoms with Crippen LogP contribution in [0.4, 0.5) is 0 Å². The fraction of sp³-hybridized carbons (Fsp3) is 1.00. The predicted molar refractivity (Wildman–Crippen MR) is 17.6 cm³/mol. The van der Waals surface area contributed by atoms with Gasteiger partial charge < -0.3 is 5.02 Å². The van der Waals surface area contributed by atoms with E-state index < -0.39 is 0 Å². The van der Waals surface area contributed by atoms with Crippen molar-refractivity contribution in [2.45, 2.75) is 12.6 Å². The lowest BCUT2D eigenvalue weighted by atomic mass is 9.99. The molecule has 1 aliphatic rings. The molecule has 0 aromatic rings. The smallest absolute Gasteiger partial charge is 0.287 e. The van der Waals surface area contributed by atoms with Crippen LogP contribution in [0.5, 0.6) is 0 Å². The highest BCUT2D eigenvalue weighted by Crippen LogP contribution is 2.16. The topological polar surface area (TPSA) is 20.2 Å². The summed E-state index contributed by atoms with van der Waals surface area (Å²) in [6, 6.07) is 0. The summed E-state index contributed by atoms with van der Waals surface area (Å²) in [7, 11) is 0. The fourth-order valence-electron chi connectivity index (χ4n) is 0.0745. The minimum atomic E-state index is 0.0833. The molecular formula is C2H5BO. The van der Waals surface area contributed by atoms with Crippen molar-refractivity contribution in [3.8, 4) is 0 Å². The van der Waals surface area contributed by atoms with Crippen LogP contribution >= 0.6 is 0 Å². The van der Waals surface area contributed by atoms with Gasteiger partial charge in [-0.25, -0.2) is 0 Å². The van der Waals surface area contributed by atoms with Crippen LogP contribution in [-0.2, 0) is 0 Å². The molecule has 1 nitrogen and oxygen atoms in total. The summed E-state index contributed by atoms with van der Waals surface area (Å²) in [6.07, 6.45) is 2.08. The molecule has 0 aromatic carbocycles. The Balaban J connectivity index is 2.17. The maximum Gasteiger partial charge on any atom is 0.287 e. The van der Waals surface area contributed by atoms with Crippen LogP contribution < -0.4 is 0 Å². The van der Waals surface area contributed by atoms with Gasteiger partial charge in [0.15, 0.2) is 0 Å². The van der Waals surface area contributed by atoms with E-state index in [1.54, 1.807) is 0 Å². The third kappa shape index (κ3) is 0.232. The molecule has 0 bridgehead atoms. The third-order valence-corrected chi connectivity index (χ3v) is 0.547. The van der Waals surface area contributed by atoms with Gasteiger partial charge in [0.25, 0.3) is 6.92 Å². The second-order valence-electron chi connectivity index (χ2n) is 1.23. The van der Waals surface area contributed by atoms with Crippen molar-refractivity contribution in [1.29, 1.82) is 0 Å². The molecule has 0 radical (unpaired) electrons. The number of hydrogen-bond acceptors (Lipinski definition) is 1. The van der Waals surface area contributed by atoms with Gasteiger partial charge in [0.05, 0.1) is 0 Å². The monoisotopic (exact) mass is 56.0 g/mol. The maximum absolute atomic E-state index is 8.17. The third-order valence-electron chi connectivity index (χ3n) is 0.547. The van der Waals surface area contributed by atoms with E-state index >= 15 is 0 Å². The van der Waals surface area contributed by atoms with Crippen LogP contribution in [0, 0.1) is 0 Å². The minimum absolute atomic E-state index is 0.0833. The standard InChI is InChI=1S/C2H5BO/c4-3-1-2-3/h4H,1-2H2. The second-order valence-corrected chi connectivity index (χ2v) is 1.23. The Kier molecular flexibility index (Phi) is 0.279. The van der Waals surface area contributed by atoms with Crippen molar-refractivity contribution in [3.63, 3.8) is 0 Å². The molecule has 1 saturated heterocycles. The first-order chi connectivity index (χ1) is 1.89. The Bertz CT molecular complexity index is 25.2. The first-order valence-corrected chi connectivity index (χ1v) is 1.57. The summed E-state index contributed by atoms with van der Waals surface area (Å²) in [5.41, 5.74) is 0. The molecule has 1 heterocycles. The zero-order valence-corrected chi connectivity index (χ0v) is 2.44. The summed E-state index contributed by atoms with van der Waals surface area (Å²) < 4.78 is 0. The zero-order chi connectivity index (χ0) is 2.99. The maximum atomic E-state index is 8.17. The van der Waals surface area contributed by atoms with E-state index in [-0.39, 0.29) is 6.92 Å². The average Bonchev–Trinajstić information content (AvgIpc) is 1.75. The Morgan fingerprint density at radius 2 is 1.75 bits per heavy atom. The molecule has 0 atom stereocenters. The minimum Gasteiger partial charge on any atom is -0.450 e. The van der Waals surface area contributed by atoms with Crippen molar-refractivity contribution in [1.82, 2.24) is 0 Å². The average molecular weight is 55.9 g/mol. The van der Waals surface area contributed by atoms with E-state index in [9.17, 15) is 0 Å². The summed E-state index contributed by atoms with van der Waals surface area (Å²) in [4.78, 5) is 0. The molecule has 2 heteroatoms. The van der Waals surface area contributed by atoms with E-state index in [1.807, 2.05) is 0 Å². The van der Waals surface area contributed by atoms with Gasteiger partial charge in [-0.05, 0) is 0 Å². The van der Waals surface area contributed by atoms with Gasteiger partial charge in [-0.2, -0.15) is 0 Å². The fourth-order valence-corrected chi connectivity index (χ4v) is 0.0745. The van der Waals surface area contributed by atoms with Crippen LogP contribution in [0.15, 0.2) is 0 Å². The Morgan fingerprint density at radius 1 is 1.50 bits per heavy atom. The molecule has 0 aliphatic carbocycles. The van der Waals surface area contributed by atoms with Crippen LogP contribution in [0.2, 0.25) is 12.6 Å². The quantitative estimate of drug-likeness (QED) is 0.387. The van der Waals surface area contributed by atoms with E-state index in [0.29, 0.717) is 0 Å². The van der Waals surface area contributed by atoms with Gasteiger partial charge in [-0.15, -0.1) is 0 Å². The molecular weight excluding hydrogens is 50.8 g/mol. The molecule has 1 fully saturated rings. The summed E-state index contributed by atoms with van der Waals surface area (Å²) in [5.74, 6) is 0. The largest absolute Gasteiger partial charge is 0.450 e. The van der Waals surface area contributed by atoms with Gasteiger partial charge in [0.2, 0.25) is 0 Å². The van der Waals surface area contributed by atoms with Gasteiger partial charge in [0, 0.05) is 0 Å². The molecule has 0 saturated carbocycles. The normalized spacial score (nSPS) is 21.8. The van der Waals surface area contributed by atoms with E-state index in [0.717, 1.165) is 12.6 Å². The Morgan fingerprint density at radius 3 is 1.75 bits per heavy atom. The van der Waals surface area contributed by atoms with Crippen molar-refractivity contribution in [3.05, 3.63) is 0 Å². The lowest BCUT2D eigenvalue weighted by Crippen LogP contribution is -1.74. The molecule has 0 unspecified atom stereocenters. The van der Waals surface area contributed by atoms with Gasteiger partial charge in [0.1, 0.15) is 0 Å². The molecule has 0 amide bonds. The molecule has 0 spiro atoms. The number of rotatable bonds is 0. The first-order valence-electron chi connectivity index (χ1n) is 1.57. The lowest BCUT2D eigenvalue weighted by molar-refractivity contribution is 0.602. The van der Waals surface area contributed by atoms with Gasteiger partial charge in [-0.1, -0.05) is 12.6 Å². The van der Waals surface area contributed by atoms with Crippen molar-refractivity contribution in [2.75, 3.05) is 0 Å². The van der Waals surface area contributed by atoms with E-state index in [1.165, 1.54) is 0 Å². The highest BCUT2D eigenvalue weighted by Gasteiger charge is 2.23. The Hall–Kier alpha value is 0.0249. The van der Waals surface area contributed by atoms with Gasteiger partial charge >= 0.3 is 0 Å². The molecule has 1 aliphatic heterocycles. The predicted octanol–water partition coefficient (Wildman–Crippen LogP) is -0.0162. The van der Waals surface area contributed by atoms with Crippen molar-refractivity contribution in [2.24, 2.45) is 0 Å². The molecule has 0 aromatic heterocycles. The number of hydrogen-bond donors (Lipinski definition) is 1. The highest BCUT2D eigenvalue weighted by molar-refractivity contribution is 6.61. The Labute approximate surface area is 25.8 Å². The molecule has 1 rings (SSSR count). The summed E-state index contributed by atoms with van der Waals surface area (Å²) in [5, 5.41) is 8.17. The molecule has 22 valence electrons. The van der Waals surface area contributed by atoms with E-state index in [4.69, 9.17) is 5.02 Å². The lowest BCUT2D eigenvalue weighted by Gasteiger charge is -1.49. The molecule has 1 N–H and O–H groups in total. The zero-order valence-electron chi connectivity index (χ0n) is 2.44. The second kappa shape index (κ2) is 0.491. The van der Waals surface area contributed by atoms with E-state index in [2.05, 4.69) is 0 Å². The van der Waals surface area contributed by atoms with Gasteiger partial charge in [-0.3, -0.25) is 0 Å². The molecule has 4 heavy (non-hydrogen) atoms. The summed E-state index contributed by atoms with van der Waals surface area (Å²) in [6.45, 7) is 0.0833. The van der Waals surface area contributed by atoms with Crippen molar-refractivity contribution >= 4 is 6.92 Å². The van der Waals surface area contributed by atoms with Crippen LogP contribution in [-0.4, -0.2) is 11.9 Å². The van der Waals surface area contributed by atoms with Crippen LogP contribution in [0.1, 0.15) is 0 Å². The summed E-state index contributed by atoms with van der Waals surface area (Å²) >= 11 is 0. The highest BCUT2D eigenvalue weighted by atomic mass is 16.2. The van der Waals surface area contributed by atoms with Crippen LogP contribution in [0.25, 0.3) is 0 Å². The SMILES string of the molecule is OB1CC1. The van der Waals surface area contributed by atoms with Crippen LogP contribution in [0.3, 0.4) is 0 Å². The first kappa shape index (κ1) is 2.27. The van der Waals surface area contributed by atoms with Crippen molar-refractivity contribution < 1.29 is 5.02 Å².